The zero-order chi connectivity index (χ0) is 12.9. The lowest BCUT2D eigenvalue weighted by molar-refractivity contribution is -0.138. The number of carbonyl (C=O) groups excluding carboxylic acids is 1. The van der Waals surface area contributed by atoms with E-state index in [0.717, 1.165) is 25.9 Å². The lowest BCUT2D eigenvalue weighted by Gasteiger charge is -2.27. The standard InChI is InChI=1S/C12H22N2O3/c1-12(2,8-11(16)17)14-10(15)7-9-3-5-13-6-4-9/h9,13H,3-8H2,1-2H3,(H,14,15)(H,16,17). The largest absolute Gasteiger partial charge is 0.481 e. The van der Waals surface area contributed by atoms with E-state index in [2.05, 4.69) is 10.6 Å². The molecule has 1 fully saturated rings. The topological polar surface area (TPSA) is 78.4 Å². The Bertz CT molecular complexity index is 283. The molecule has 0 atom stereocenters. The first-order valence-electron chi connectivity index (χ1n) is 6.12. The van der Waals surface area contributed by atoms with Crippen LogP contribution in [0.1, 0.15) is 39.5 Å². The van der Waals surface area contributed by atoms with Crippen molar-refractivity contribution in [2.45, 2.75) is 45.1 Å². The lowest BCUT2D eigenvalue weighted by Crippen LogP contribution is -2.45. The van der Waals surface area contributed by atoms with Crippen LogP contribution in [0.5, 0.6) is 0 Å². The van der Waals surface area contributed by atoms with Gasteiger partial charge in [-0.15, -0.1) is 0 Å². The number of amides is 1. The van der Waals surface area contributed by atoms with Gasteiger partial charge in [0.15, 0.2) is 0 Å². The number of hydrogen-bond donors (Lipinski definition) is 3. The molecule has 0 bridgehead atoms. The van der Waals surface area contributed by atoms with E-state index in [-0.39, 0.29) is 12.3 Å². The molecule has 17 heavy (non-hydrogen) atoms. The molecule has 0 aromatic carbocycles. The molecule has 0 saturated carbocycles. The molecule has 1 saturated heterocycles. The van der Waals surface area contributed by atoms with Crippen LogP contribution in [0.3, 0.4) is 0 Å². The summed E-state index contributed by atoms with van der Waals surface area (Å²) in [6, 6.07) is 0. The molecule has 1 aliphatic rings. The first-order chi connectivity index (χ1) is 7.89. The number of carboxylic acid groups (broad SMARTS) is 1. The summed E-state index contributed by atoms with van der Waals surface area (Å²) in [7, 11) is 0. The van der Waals surface area contributed by atoms with Gasteiger partial charge in [-0.2, -0.15) is 0 Å². The quantitative estimate of drug-likeness (QED) is 0.664. The number of carboxylic acids is 1. The summed E-state index contributed by atoms with van der Waals surface area (Å²) in [5, 5.41) is 14.8. The fourth-order valence-corrected chi connectivity index (χ4v) is 2.20. The molecule has 0 radical (unpaired) electrons. The summed E-state index contributed by atoms with van der Waals surface area (Å²) < 4.78 is 0. The molecule has 3 N–H and O–H groups in total. The van der Waals surface area contributed by atoms with Crippen LogP contribution in [0.25, 0.3) is 0 Å². The minimum absolute atomic E-state index is 0.0387. The van der Waals surface area contributed by atoms with E-state index in [0.29, 0.717) is 12.3 Å². The highest BCUT2D eigenvalue weighted by molar-refractivity contribution is 5.78. The van der Waals surface area contributed by atoms with Crippen molar-refractivity contribution in [1.29, 1.82) is 0 Å². The van der Waals surface area contributed by atoms with Gasteiger partial charge in [-0.3, -0.25) is 9.59 Å². The van der Waals surface area contributed by atoms with E-state index in [9.17, 15) is 9.59 Å². The van der Waals surface area contributed by atoms with Gasteiger partial charge >= 0.3 is 5.97 Å². The van der Waals surface area contributed by atoms with Crippen LogP contribution >= 0.6 is 0 Å². The average Bonchev–Trinajstić information content (AvgIpc) is 2.15. The lowest BCUT2D eigenvalue weighted by atomic mass is 9.93. The molecule has 98 valence electrons. The molecule has 5 heteroatoms. The smallest absolute Gasteiger partial charge is 0.305 e. The maximum absolute atomic E-state index is 11.8. The number of hydrogen-bond acceptors (Lipinski definition) is 3. The van der Waals surface area contributed by atoms with E-state index < -0.39 is 11.5 Å². The molecule has 1 rings (SSSR count). The molecule has 1 amide bonds. The Labute approximate surface area is 102 Å². The van der Waals surface area contributed by atoms with Crippen molar-refractivity contribution >= 4 is 11.9 Å². The summed E-state index contributed by atoms with van der Waals surface area (Å²) in [6.07, 6.45) is 2.50. The fourth-order valence-electron chi connectivity index (χ4n) is 2.20. The molecule has 1 heterocycles. The van der Waals surface area contributed by atoms with Crippen molar-refractivity contribution in [2.24, 2.45) is 5.92 Å². The van der Waals surface area contributed by atoms with E-state index >= 15 is 0 Å². The predicted octanol–water partition coefficient (Wildman–Crippen LogP) is 0.746. The fraction of sp³-hybridized carbons (Fsp3) is 0.833. The summed E-state index contributed by atoms with van der Waals surface area (Å²) in [5.74, 6) is -0.503. The van der Waals surface area contributed by atoms with Crippen LogP contribution in [-0.4, -0.2) is 35.6 Å². The Morgan fingerprint density at radius 3 is 2.47 bits per heavy atom. The van der Waals surface area contributed by atoms with Gasteiger partial charge in [0.05, 0.1) is 6.42 Å². The molecule has 0 spiro atoms. The highest BCUT2D eigenvalue weighted by Crippen LogP contribution is 2.17. The van der Waals surface area contributed by atoms with Gasteiger partial charge < -0.3 is 15.7 Å². The van der Waals surface area contributed by atoms with Gasteiger partial charge in [0, 0.05) is 12.0 Å². The van der Waals surface area contributed by atoms with Crippen molar-refractivity contribution < 1.29 is 14.7 Å². The zero-order valence-electron chi connectivity index (χ0n) is 10.6. The van der Waals surface area contributed by atoms with Crippen LogP contribution in [0.15, 0.2) is 0 Å². The maximum Gasteiger partial charge on any atom is 0.305 e. The SMILES string of the molecule is CC(C)(CC(=O)O)NC(=O)CC1CCNCC1. The number of carbonyl (C=O) groups is 2. The van der Waals surface area contributed by atoms with Crippen molar-refractivity contribution in [3.8, 4) is 0 Å². The molecule has 1 aliphatic heterocycles. The molecular formula is C12H22N2O3. The van der Waals surface area contributed by atoms with Gasteiger partial charge in [-0.05, 0) is 45.7 Å². The molecule has 0 aromatic rings. The second kappa shape index (κ2) is 6.00. The molecule has 0 aromatic heterocycles. The molecule has 0 unspecified atom stereocenters. The summed E-state index contributed by atoms with van der Waals surface area (Å²) in [6.45, 7) is 5.41. The summed E-state index contributed by atoms with van der Waals surface area (Å²) in [4.78, 5) is 22.4. The monoisotopic (exact) mass is 242 g/mol. The van der Waals surface area contributed by atoms with Crippen molar-refractivity contribution in [2.75, 3.05) is 13.1 Å². The molecular weight excluding hydrogens is 220 g/mol. The van der Waals surface area contributed by atoms with Crippen LogP contribution in [0, 0.1) is 5.92 Å². The van der Waals surface area contributed by atoms with Crippen LogP contribution in [0.4, 0.5) is 0 Å². The second-order valence-electron chi connectivity index (χ2n) is 5.40. The van der Waals surface area contributed by atoms with Crippen LogP contribution in [0.2, 0.25) is 0 Å². The van der Waals surface area contributed by atoms with E-state index in [1.54, 1.807) is 13.8 Å². The second-order valence-corrected chi connectivity index (χ2v) is 5.40. The van der Waals surface area contributed by atoms with Crippen LogP contribution in [-0.2, 0) is 9.59 Å². The third kappa shape index (κ3) is 5.68. The number of aliphatic carboxylic acids is 1. The van der Waals surface area contributed by atoms with E-state index in [1.807, 2.05) is 0 Å². The van der Waals surface area contributed by atoms with Crippen molar-refractivity contribution in [3.63, 3.8) is 0 Å². The highest BCUT2D eigenvalue weighted by atomic mass is 16.4. The first-order valence-corrected chi connectivity index (χ1v) is 6.12. The van der Waals surface area contributed by atoms with Gasteiger partial charge in [-0.25, -0.2) is 0 Å². The Morgan fingerprint density at radius 1 is 1.35 bits per heavy atom. The molecule has 5 nitrogen and oxygen atoms in total. The minimum Gasteiger partial charge on any atom is -0.481 e. The Balaban J connectivity index is 2.34. The predicted molar refractivity (Wildman–Crippen MR) is 64.7 cm³/mol. The van der Waals surface area contributed by atoms with E-state index in [4.69, 9.17) is 5.11 Å². The maximum atomic E-state index is 11.8. The summed E-state index contributed by atoms with van der Waals surface area (Å²) >= 11 is 0. The van der Waals surface area contributed by atoms with E-state index in [1.165, 1.54) is 0 Å². The molecule has 0 aliphatic carbocycles. The summed E-state index contributed by atoms with van der Waals surface area (Å²) in [5.41, 5.74) is -0.671. The normalized spacial score (nSPS) is 17.8. The zero-order valence-corrected chi connectivity index (χ0v) is 10.6. The third-order valence-corrected chi connectivity index (χ3v) is 3.00. The first kappa shape index (κ1) is 14.0. The highest BCUT2D eigenvalue weighted by Gasteiger charge is 2.25. The third-order valence-electron chi connectivity index (χ3n) is 3.00. The number of nitrogens with one attached hydrogen (secondary N) is 2. The number of rotatable bonds is 5. The van der Waals surface area contributed by atoms with Gasteiger partial charge in [0.25, 0.3) is 0 Å². The minimum atomic E-state index is -0.892. The van der Waals surface area contributed by atoms with Crippen molar-refractivity contribution in [3.05, 3.63) is 0 Å². The Morgan fingerprint density at radius 2 is 1.94 bits per heavy atom. The number of piperidine rings is 1. The average molecular weight is 242 g/mol. The van der Waals surface area contributed by atoms with Gasteiger partial charge in [0.1, 0.15) is 0 Å². The van der Waals surface area contributed by atoms with Crippen LogP contribution < -0.4 is 10.6 Å². The van der Waals surface area contributed by atoms with Gasteiger partial charge in [0.2, 0.25) is 5.91 Å². The van der Waals surface area contributed by atoms with Crippen molar-refractivity contribution in [1.82, 2.24) is 10.6 Å². The Hall–Kier alpha value is -1.10. The Kier molecular flexibility index (Phi) is 4.93. The van der Waals surface area contributed by atoms with Gasteiger partial charge in [-0.1, -0.05) is 0 Å².